The van der Waals surface area contributed by atoms with Crippen molar-refractivity contribution >= 4 is 23.4 Å². The summed E-state index contributed by atoms with van der Waals surface area (Å²) in [6, 6.07) is 0.357. The van der Waals surface area contributed by atoms with Gasteiger partial charge in [-0.1, -0.05) is 18.5 Å². The van der Waals surface area contributed by atoms with Gasteiger partial charge in [-0.3, -0.25) is 0 Å². The first-order chi connectivity index (χ1) is 9.19. The van der Waals surface area contributed by atoms with Crippen molar-refractivity contribution in [2.24, 2.45) is 0 Å². The summed E-state index contributed by atoms with van der Waals surface area (Å²) in [7, 11) is 0. The van der Waals surface area contributed by atoms with E-state index in [1.807, 2.05) is 0 Å². The maximum atomic E-state index is 6.14. The highest BCUT2D eigenvalue weighted by Gasteiger charge is 2.20. The van der Waals surface area contributed by atoms with Gasteiger partial charge in [0.1, 0.15) is 5.02 Å². The average molecular weight is 285 g/mol. The molecule has 0 amide bonds. The molecular weight excluding hydrogens is 264 g/mol. The zero-order chi connectivity index (χ0) is 13.7. The second-order valence-corrected chi connectivity index (χ2v) is 5.27. The van der Waals surface area contributed by atoms with Crippen molar-refractivity contribution in [2.75, 3.05) is 23.8 Å². The summed E-state index contributed by atoms with van der Waals surface area (Å²) in [5.41, 5.74) is 0. The Bertz CT molecular complexity index is 416. The van der Waals surface area contributed by atoms with Crippen LogP contribution in [0, 0.1) is 0 Å². The fraction of sp³-hybridized carbons (Fsp3) is 0.692. The number of halogens is 1. The molecule has 1 aliphatic heterocycles. The SMILES string of the molecule is CCCNc1ncc(Cl)c(NC2CCOC(C)C2)n1. The van der Waals surface area contributed by atoms with E-state index >= 15 is 0 Å². The monoisotopic (exact) mass is 284 g/mol. The van der Waals surface area contributed by atoms with E-state index in [-0.39, 0.29) is 6.10 Å². The zero-order valence-corrected chi connectivity index (χ0v) is 12.2. The number of nitrogens with zero attached hydrogens (tertiary/aromatic N) is 2. The first-order valence-corrected chi connectivity index (χ1v) is 7.21. The molecule has 1 aromatic rings. The van der Waals surface area contributed by atoms with Crippen molar-refractivity contribution in [3.63, 3.8) is 0 Å². The number of hydrogen-bond acceptors (Lipinski definition) is 5. The standard InChI is InChI=1S/C13H21ClN4O/c1-3-5-15-13-16-8-11(14)12(18-13)17-10-4-6-19-9(2)7-10/h8-10H,3-7H2,1-2H3,(H2,15,16,17,18). The Labute approximate surface area is 119 Å². The topological polar surface area (TPSA) is 59.1 Å². The molecule has 0 bridgehead atoms. The molecule has 2 unspecified atom stereocenters. The minimum absolute atomic E-state index is 0.282. The molecule has 2 rings (SSSR count). The highest BCUT2D eigenvalue weighted by Crippen LogP contribution is 2.23. The molecule has 6 heteroatoms. The molecule has 0 spiro atoms. The van der Waals surface area contributed by atoms with Gasteiger partial charge in [0.15, 0.2) is 5.82 Å². The Morgan fingerprint density at radius 2 is 2.37 bits per heavy atom. The van der Waals surface area contributed by atoms with Crippen molar-refractivity contribution in [3.8, 4) is 0 Å². The van der Waals surface area contributed by atoms with Crippen molar-refractivity contribution in [2.45, 2.75) is 45.3 Å². The second kappa shape index (κ2) is 6.91. The number of hydrogen-bond donors (Lipinski definition) is 2. The average Bonchev–Trinajstić information content (AvgIpc) is 2.40. The lowest BCUT2D eigenvalue weighted by Crippen LogP contribution is -2.32. The van der Waals surface area contributed by atoms with E-state index in [0.29, 0.717) is 22.8 Å². The molecule has 1 fully saturated rings. The predicted molar refractivity (Wildman–Crippen MR) is 77.9 cm³/mol. The molecule has 1 aliphatic rings. The number of anilines is 2. The molecule has 2 heterocycles. The van der Waals surface area contributed by atoms with Crippen LogP contribution in [0.4, 0.5) is 11.8 Å². The lowest BCUT2D eigenvalue weighted by Gasteiger charge is -2.28. The number of nitrogens with one attached hydrogen (secondary N) is 2. The Morgan fingerprint density at radius 3 is 3.11 bits per heavy atom. The molecule has 2 atom stereocenters. The maximum Gasteiger partial charge on any atom is 0.224 e. The van der Waals surface area contributed by atoms with Gasteiger partial charge < -0.3 is 15.4 Å². The van der Waals surface area contributed by atoms with Crippen LogP contribution in [0.3, 0.4) is 0 Å². The number of aromatic nitrogens is 2. The smallest absolute Gasteiger partial charge is 0.224 e. The first kappa shape index (κ1) is 14.3. The van der Waals surface area contributed by atoms with Crippen LogP contribution in [0.5, 0.6) is 0 Å². The maximum absolute atomic E-state index is 6.14. The Hall–Kier alpha value is -1.07. The number of ether oxygens (including phenoxy) is 1. The summed E-state index contributed by atoms with van der Waals surface area (Å²) < 4.78 is 5.53. The third-order valence-corrected chi connectivity index (χ3v) is 3.38. The first-order valence-electron chi connectivity index (χ1n) is 6.83. The van der Waals surface area contributed by atoms with Crippen molar-refractivity contribution < 1.29 is 4.74 Å². The van der Waals surface area contributed by atoms with E-state index in [1.165, 1.54) is 0 Å². The highest BCUT2D eigenvalue weighted by molar-refractivity contribution is 6.32. The molecule has 2 N–H and O–H groups in total. The highest BCUT2D eigenvalue weighted by atomic mass is 35.5. The van der Waals surface area contributed by atoms with Gasteiger partial charge in [-0.05, 0) is 26.2 Å². The molecule has 0 aliphatic carbocycles. The van der Waals surface area contributed by atoms with Gasteiger partial charge in [0.25, 0.3) is 0 Å². The van der Waals surface area contributed by atoms with Gasteiger partial charge >= 0.3 is 0 Å². The van der Waals surface area contributed by atoms with Crippen LogP contribution in [-0.2, 0) is 4.74 Å². The third-order valence-electron chi connectivity index (χ3n) is 3.10. The van der Waals surface area contributed by atoms with E-state index in [2.05, 4.69) is 34.4 Å². The van der Waals surface area contributed by atoms with Crippen LogP contribution in [0.15, 0.2) is 6.20 Å². The van der Waals surface area contributed by atoms with Crippen molar-refractivity contribution in [3.05, 3.63) is 11.2 Å². The lowest BCUT2D eigenvalue weighted by atomic mass is 10.0. The molecule has 106 valence electrons. The molecule has 0 saturated carbocycles. The van der Waals surface area contributed by atoms with Gasteiger partial charge in [-0.2, -0.15) is 4.98 Å². The quantitative estimate of drug-likeness (QED) is 0.871. The fourth-order valence-electron chi connectivity index (χ4n) is 2.11. The van der Waals surface area contributed by atoms with Crippen LogP contribution in [0.2, 0.25) is 5.02 Å². The van der Waals surface area contributed by atoms with Crippen LogP contribution < -0.4 is 10.6 Å². The van der Waals surface area contributed by atoms with E-state index in [1.54, 1.807) is 6.20 Å². The summed E-state index contributed by atoms with van der Waals surface area (Å²) in [6.07, 6.45) is 4.90. The minimum atomic E-state index is 0.282. The van der Waals surface area contributed by atoms with Crippen LogP contribution >= 0.6 is 11.6 Å². The summed E-state index contributed by atoms with van der Waals surface area (Å²) in [6.45, 7) is 5.83. The fourth-order valence-corrected chi connectivity index (χ4v) is 2.26. The van der Waals surface area contributed by atoms with Crippen molar-refractivity contribution in [1.82, 2.24) is 9.97 Å². The number of rotatable bonds is 5. The predicted octanol–water partition coefficient (Wildman–Crippen LogP) is 2.93. The van der Waals surface area contributed by atoms with Gasteiger partial charge in [0, 0.05) is 19.2 Å². The summed E-state index contributed by atoms with van der Waals surface area (Å²) >= 11 is 6.14. The van der Waals surface area contributed by atoms with E-state index in [4.69, 9.17) is 16.3 Å². The van der Waals surface area contributed by atoms with E-state index in [9.17, 15) is 0 Å². The molecule has 0 aromatic carbocycles. The van der Waals surface area contributed by atoms with Gasteiger partial charge in [-0.15, -0.1) is 0 Å². The van der Waals surface area contributed by atoms with E-state index < -0.39 is 0 Å². The van der Waals surface area contributed by atoms with Gasteiger partial charge in [0.2, 0.25) is 5.95 Å². The molecule has 19 heavy (non-hydrogen) atoms. The van der Waals surface area contributed by atoms with Gasteiger partial charge in [-0.25, -0.2) is 4.98 Å². The lowest BCUT2D eigenvalue weighted by molar-refractivity contribution is 0.0232. The largest absolute Gasteiger partial charge is 0.378 e. The summed E-state index contributed by atoms with van der Waals surface area (Å²) in [4.78, 5) is 8.59. The molecule has 1 aromatic heterocycles. The van der Waals surface area contributed by atoms with Crippen LogP contribution in [0.1, 0.15) is 33.1 Å². The van der Waals surface area contributed by atoms with Gasteiger partial charge in [0.05, 0.1) is 12.3 Å². The minimum Gasteiger partial charge on any atom is -0.378 e. The van der Waals surface area contributed by atoms with Crippen LogP contribution in [0.25, 0.3) is 0 Å². The molecule has 1 saturated heterocycles. The molecular formula is C13H21ClN4O. The third kappa shape index (κ3) is 4.21. The van der Waals surface area contributed by atoms with E-state index in [0.717, 1.165) is 32.4 Å². The Morgan fingerprint density at radius 1 is 1.53 bits per heavy atom. The normalized spacial score (nSPS) is 23.1. The molecule has 0 radical (unpaired) electrons. The van der Waals surface area contributed by atoms with Crippen LogP contribution in [-0.4, -0.2) is 35.3 Å². The Kier molecular flexibility index (Phi) is 5.22. The Balaban J connectivity index is 2.01. The zero-order valence-electron chi connectivity index (χ0n) is 11.4. The molecule has 5 nitrogen and oxygen atoms in total. The second-order valence-electron chi connectivity index (χ2n) is 4.86. The summed E-state index contributed by atoms with van der Waals surface area (Å²) in [5, 5.41) is 7.11. The van der Waals surface area contributed by atoms with Crippen molar-refractivity contribution in [1.29, 1.82) is 0 Å². The summed E-state index contributed by atoms with van der Waals surface area (Å²) in [5.74, 6) is 1.32.